The second kappa shape index (κ2) is 6.04. The monoisotopic (exact) mass is 372 g/mol. The molecule has 1 saturated heterocycles. The lowest BCUT2D eigenvalue weighted by Crippen LogP contribution is -2.29. The van der Waals surface area contributed by atoms with Crippen molar-refractivity contribution in [1.29, 1.82) is 0 Å². The smallest absolute Gasteiger partial charge is 0.273 e. The number of amidine groups is 1. The first-order valence-corrected chi connectivity index (χ1v) is 9.70. The van der Waals surface area contributed by atoms with E-state index in [0.717, 1.165) is 23.1 Å². The lowest BCUT2D eigenvalue weighted by atomic mass is 10.3. The average Bonchev–Trinajstić information content (AvgIpc) is 3.07. The molecular weight excluding hydrogens is 364 g/mol. The summed E-state index contributed by atoms with van der Waals surface area (Å²) in [5.41, 5.74) is 0.593. The van der Waals surface area contributed by atoms with Gasteiger partial charge in [-0.1, -0.05) is 41.6 Å². The molecule has 0 aliphatic carbocycles. The molecule has 1 aromatic carbocycles. The van der Waals surface area contributed by atoms with Crippen LogP contribution in [0, 0.1) is 0 Å². The third-order valence-electron chi connectivity index (χ3n) is 2.78. The van der Waals surface area contributed by atoms with E-state index < -0.39 is 10.0 Å². The van der Waals surface area contributed by atoms with Crippen molar-refractivity contribution < 1.29 is 13.2 Å². The Morgan fingerprint density at radius 1 is 1.14 bits per heavy atom. The summed E-state index contributed by atoms with van der Waals surface area (Å²) in [7, 11) is -3.88. The minimum atomic E-state index is -3.88. The second-order valence-corrected chi connectivity index (χ2v) is 8.75. The van der Waals surface area contributed by atoms with Crippen LogP contribution in [0.4, 0.5) is 5.69 Å². The third-order valence-corrected chi connectivity index (χ3v) is 6.79. The Balaban J connectivity index is 2.01. The van der Waals surface area contributed by atoms with E-state index in [1.165, 1.54) is 17.0 Å². The van der Waals surface area contributed by atoms with Crippen molar-refractivity contribution in [3.05, 3.63) is 46.8 Å². The minimum absolute atomic E-state index is 0.0537. The molecule has 1 aliphatic heterocycles. The van der Waals surface area contributed by atoms with E-state index in [1.54, 1.807) is 24.3 Å². The third kappa shape index (κ3) is 3.05. The summed E-state index contributed by atoms with van der Waals surface area (Å²) in [6.45, 7) is 0. The molecular formula is C13H9ClN2O3S3. The van der Waals surface area contributed by atoms with Crippen LogP contribution in [0.15, 0.2) is 51.1 Å². The molecule has 5 nitrogen and oxygen atoms in total. The molecule has 1 amide bonds. The van der Waals surface area contributed by atoms with Crippen LogP contribution in [0.25, 0.3) is 0 Å². The van der Waals surface area contributed by atoms with Crippen molar-refractivity contribution in [3.63, 3.8) is 0 Å². The van der Waals surface area contributed by atoms with Gasteiger partial charge in [0.25, 0.3) is 10.0 Å². The standard InChI is InChI=1S/C13H9ClN2O3S3/c14-10-6-7-12(21-10)22(18,19)15-13-16(11(17)8-20-13)9-4-2-1-3-5-9/h1-7H,8H2/b15-13+. The molecule has 1 aliphatic rings. The Labute approximate surface area is 140 Å². The van der Waals surface area contributed by atoms with Crippen LogP contribution in [0.5, 0.6) is 0 Å². The number of para-hydroxylation sites is 1. The molecule has 9 heteroatoms. The van der Waals surface area contributed by atoms with Crippen LogP contribution in [0.1, 0.15) is 0 Å². The molecule has 0 N–H and O–H groups in total. The molecule has 0 atom stereocenters. The highest BCUT2D eigenvalue weighted by Gasteiger charge is 2.32. The predicted octanol–water partition coefficient (Wildman–Crippen LogP) is 3.23. The maximum absolute atomic E-state index is 12.3. The molecule has 114 valence electrons. The van der Waals surface area contributed by atoms with Gasteiger partial charge in [0, 0.05) is 0 Å². The highest BCUT2D eigenvalue weighted by molar-refractivity contribution is 8.16. The van der Waals surface area contributed by atoms with Gasteiger partial charge in [-0.15, -0.1) is 15.7 Å². The zero-order valence-corrected chi connectivity index (χ0v) is 14.2. The Hall–Kier alpha value is -1.35. The van der Waals surface area contributed by atoms with E-state index in [9.17, 15) is 13.2 Å². The summed E-state index contributed by atoms with van der Waals surface area (Å²) < 4.78 is 28.8. The fourth-order valence-corrected chi connectivity index (χ4v) is 5.40. The van der Waals surface area contributed by atoms with Gasteiger partial charge in [-0.3, -0.25) is 9.69 Å². The number of hydrogen-bond donors (Lipinski definition) is 0. The number of carbonyl (C=O) groups excluding carboxylic acids is 1. The quantitative estimate of drug-likeness (QED) is 0.829. The van der Waals surface area contributed by atoms with E-state index in [-0.39, 0.29) is 21.0 Å². The average molecular weight is 373 g/mol. The van der Waals surface area contributed by atoms with Gasteiger partial charge in [0.1, 0.15) is 4.21 Å². The van der Waals surface area contributed by atoms with E-state index in [1.807, 2.05) is 6.07 Å². The summed E-state index contributed by atoms with van der Waals surface area (Å²) in [5.74, 6) is -0.0385. The first-order chi connectivity index (χ1) is 10.5. The number of halogens is 1. The molecule has 0 spiro atoms. The molecule has 1 fully saturated rings. The van der Waals surface area contributed by atoms with Crippen LogP contribution in [0.2, 0.25) is 4.34 Å². The molecule has 1 aromatic heterocycles. The molecule has 0 saturated carbocycles. The number of nitrogens with zero attached hydrogens (tertiary/aromatic N) is 2. The number of amides is 1. The molecule has 2 aromatic rings. The fourth-order valence-electron chi connectivity index (χ4n) is 1.84. The van der Waals surface area contributed by atoms with Gasteiger partial charge in [-0.05, 0) is 24.3 Å². The molecule has 0 unspecified atom stereocenters. The number of benzene rings is 1. The molecule has 3 rings (SSSR count). The van der Waals surface area contributed by atoms with Crippen molar-refractivity contribution in [2.24, 2.45) is 4.40 Å². The number of carbonyl (C=O) groups is 1. The van der Waals surface area contributed by atoms with Crippen molar-refractivity contribution in [2.75, 3.05) is 10.7 Å². The number of anilines is 1. The van der Waals surface area contributed by atoms with Gasteiger partial charge < -0.3 is 0 Å². The Kier molecular flexibility index (Phi) is 4.26. The number of rotatable bonds is 3. The van der Waals surface area contributed by atoms with Gasteiger partial charge in [-0.25, -0.2) is 0 Å². The lowest BCUT2D eigenvalue weighted by Gasteiger charge is -2.15. The SMILES string of the molecule is O=C1CS/C(=N/S(=O)(=O)c2ccc(Cl)s2)N1c1ccccc1. The van der Waals surface area contributed by atoms with E-state index in [4.69, 9.17) is 11.6 Å². The predicted molar refractivity (Wildman–Crippen MR) is 90.3 cm³/mol. The number of thioether (sulfide) groups is 1. The topological polar surface area (TPSA) is 66.8 Å². The van der Waals surface area contributed by atoms with Crippen LogP contribution in [0.3, 0.4) is 0 Å². The van der Waals surface area contributed by atoms with Crippen molar-refractivity contribution in [2.45, 2.75) is 4.21 Å². The molecule has 2 heterocycles. The summed E-state index contributed by atoms with van der Waals surface area (Å²) in [6.07, 6.45) is 0. The van der Waals surface area contributed by atoms with Gasteiger partial charge >= 0.3 is 0 Å². The minimum Gasteiger partial charge on any atom is -0.273 e. The van der Waals surface area contributed by atoms with Crippen LogP contribution < -0.4 is 4.90 Å². The fraction of sp³-hybridized carbons (Fsp3) is 0.0769. The largest absolute Gasteiger partial charge is 0.294 e. The Bertz CT molecular complexity index is 846. The van der Waals surface area contributed by atoms with Crippen molar-refractivity contribution in [1.82, 2.24) is 0 Å². The van der Waals surface area contributed by atoms with Crippen molar-refractivity contribution in [3.8, 4) is 0 Å². The summed E-state index contributed by atoms with van der Waals surface area (Å²) in [4.78, 5) is 13.3. The number of sulfonamides is 1. The highest BCUT2D eigenvalue weighted by atomic mass is 35.5. The number of hydrogen-bond acceptors (Lipinski definition) is 5. The normalized spacial score (nSPS) is 17.4. The Morgan fingerprint density at radius 3 is 2.50 bits per heavy atom. The van der Waals surface area contributed by atoms with Crippen LogP contribution >= 0.6 is 34.7 Å². The lowest BCUT2D eigenvalue weighted by molar-refractivity contribution is -0.115. The highest BCUT2D eigenvalue weighted by Crippen LogP contribution is 2.31. The summed E-state index contributed by atoms with van der Waals surface area (Å²) in [5, 5.41) is 0.153. The van der Waals surface area contributed by atoms with E-state index in [0.29, 0.717) is 10.0 Å². The molecule has 0 bridgehead atoms. The van der Waals surface area contributed by atoms with Gasteiger partial charge in [0.2, 0.25) is 5.91 Å². The second-order valence-electron chi connectivity index (χ2n) is 4.26. The van der Waals surface area contributed by atoms with Gasteiger partial charge in [-0.2, -0.15) is 8.42 Å². The zero-order valence-electron chi connectivity index (χ0n) is 11.0. The zero-order chi connectivity index (χ0) is 15.7. The van der Waals surface area contributed by atoms with Crippen LogP contribution in [-0.4, -0.2) is 25.2 Å². The van der Waals surface area contributed by atoms with E-state index in [2.05, 4.69) is 4.40 Å². The number of thiophene rings is 1. The van der Waals surface area contributed by atoms with Gasteiger partial charge in [0.15, 0.2) is 5.17 Å². The first kappa shape index (κ1) is 15.5. The molecule has 22 heavy (non-hydrogen) atoms. The van der Waals surface area contributed by atoms with Crippen molar-refractivity contribution >= 4 is 61.5 Å². The maximum atomic E-state index is 12.3. The Morgan fingerprint density at radius 2 is 1.86 bits per heavy atom. The summed E-state index contributed by atoms with van der Waals surface area (Å²) in [6, 6.07) is 11.7. The first-order valence-electron chi connectivity index (χ1n) is 6.08. The van der Waals surface area contributed by atoms with E-state index >= 15 is 0 Å². The summed E-state index contributed by atoms with van der Waals surface area (Å²) >= 11 is 7.80. The van der Waals surface area contributed by atoms with Gasteiger partial charge in [0.05, 0.1) is 15.8 Å². The molecule has 0 radical (unpaired) electrons. The maximum Gasteiger partial charge on any atom is 0.294 e. The van der Waals surface area contributed by atoms with Crippen LogP contribution in [-0.2, 0) is 14.8 Å².